The molecule has 1 nitrogen and oxygen atoms in total. The summed E-state index contributed by atoms with van der Waals surface area (Å²) >= 11 is 0. The molecule has 296 valence electrons. The van der Waals surface area contributed by atoms with Gasteiger partial charge in [-0.1, -0.05) is 212 Å². The van der Waals surface area contributed by atoms with Gasteiger partial charge in [0.05, 0.1) is 22.1 Å². The minimum absolute atomic E-state index is 0.207. The molecule has 3 aliphatic rings. The predicted molar refractivity (Wildman–Crippen MR) is 264 cm³/mol. The zero-order valence-corrected chi connectivity index (χ0v) is 34.9. The van der Waals surface area contributed by atoms with Gasteiger partial charge in [-0.3, -0.25) is 0 Å². The average Bonchev–Trinajstić information content (AvgIpc) is 3.84. The van der Waals surface area contributed by atoms with Crippen molar-refractivity contribution in [1.82, 2.24) is 4.57 Å². The average molecular weight is 802 g/mol. The lowest BCUT2D eigenvalue weighted by Crippen LogP contribution is -2.26. The van der Waals surface area contributed by atoms with Crippen LogP contribution in [-0.2, 0) is 11.8 Å². The molecule has 0 aliphatic heterocycles. The van der Waals surface area contributed by atoms with Gasteiger partial charge in [0.15, 0.2) is 0 Å². The molecule has 0 saturated heterocycles. The number of para-hydroxylation sites is 1. The quantitative estimate of drug-likeness (QED) is 0.158. The molecular formula is C62H43N. The molecule has 9 aromatic carbocycles. The molecule has 13 rings (SSSR count). The molecule has 0 radical (unpaired) electrons. The summed E-state index contributed by atoms with van der Waals surface area (Å²) in [5.74, 6) is 0.207. The highest BCUT2D eigenvalue weighted by Crippen LogP contribution is 2.65. The second-order valence-electron chi connectivity index (χ2n) is 17.4. The van der Waals surface area contributed by atoms with Gasteiger partial charge in [-0.15, -0.1) is 0 Å². The predicted octanol–water partition coefficient (Wildman–Crippen LogP) is 15.6. The molecule has 1 aromatic heterocycles. The zero-order chi connectivity index (χ0) is 41.5. The van der Waals surface area contributed by atoms with Crippen molar-refractivity contribution in [3.05, 3.63) is 275 Å². The number of aromatic nitrogens is 1. The number of hydrogen-bond acceptors (Lipinski definition) is 0. The highest BCUT2D eigenvalue weighted by molar-refractivity contribution is 6.13. The van der Waals surface area contributed by atoms with E-state index in [9.17, 15) is 0 Å². The van der Waals surface area contributed by atoms with Gasteiger partial charge in [0.2, 0.25) is 0 Å². The maximum absolute atomic E-state index is 2.53. The molecule has 0 bridgehead atoms. The van der Waals surface area contributed by atoms with Crippen molar-refractivity contribution in [2.75, 3.05) is 0 Å². The normalized spacial score (nSPS) is 16.4. The van der Waals surface area contributed by atoms with E-state index >= 15 is 0 Å². The number of nitrogens with zero attached hydrogens (tertiary/aromatic N) is 1. The molecule has 1 heterocycles. The van der Waals surface area contributed by atoms with Crippen LogP contribution in [0.4, 0.5) is 0 Å². The zero-order valence-electron chi connectivity index (χ0n) is 34.9. The van der Waals surface area contributed by atoms with Gasteiger partial charge >= 0.3 is 0 Å². The molecule has 0 fully saturated rings. The van der Waals surface area contributed by atoms with Crippen LogP contribution < -0.4 is 0 Å². The van der Waals surface area contributed by atoms with E-state index in [1.807, 2.05) is 0 Å². The summed E-state index contributed by atoms with van der Waals surface area (Å²) in [6.45, 7) is 0. The van der Waals surface area contributed by atoms with Crippen LogP contribution in [0.3, 0.4) is 0 Å². The van der Waals surface area contributed by atoms with Crippen LogP contribution in [0.15, 0.2) is 236 Å². The second kappa shape index (κ2) is 14.2. The fraction of sp³-hybridized carbons (Fsp3) is 0.0645. The van der Waals surface area contributed by atoms with Crippen molar-refractivity contribution >= 4 is 38.2 Å². The molecule has 3 aliphatic carbocycles. The van der Waals surface area contributed by atoms with Crippen LogP contribution in [0.5, 0.6) is 0 Å². The van der Waals surface area contributed by atoms with E-state index in [4.69, 9.17) is 0 Å². The third-order valence-electron chi connectivity index (χ3n) is 14.3. The number of benzene rings is 9. The van der Waals surface area contributed by atoms with Crippen molar-refractivity contribution < 1.29 is 0 Å². The van der Waals surface area contributed by atoms with E-state index in [-0.39, 0.29) is 5.92 Å². The maximum Gasteiger partial charge on any atom is 0.0725 e. The fourth-order valence-electron chi connectivity index (χ4n) is 11.7. The molecule has 2 atom stereocenters. The Bertz CT molecular complexity index is 3560. The Morgan fingerprint density at radius 2 is 1.11 bits per heavy atom. The smallest absolute Gasteiger partial charge is 0.0725 e. The van der Waals surface area contributed by atoms with Gasteiger partial charge in [-0.2, -0.15) is 0 Å². The first-order chi connectivity index (χ1) is 31.3. The molecule has 0 amide bonds. The summed E-state index contributed by atoms with van der Waals surface area (Å²) in [7, 11) is 0. The molecule has 0 N–H and O–H groups in total. The van der Waals surface area contributed by atoms with Gasteiger partial charge in [0, 0.05) is 22.1 Å². The second-order valence-corrected chi connectivity index (χ2v) is 17.4. The lowest BCUT2D eigenvalue weighted by molar-refractivity contribution is 0.795. The van der Waals surface area contributed by atoms with E-state index in [0.717, 1.165) is 12.8 Å². The lowest BCUT2D eigenvalue weighted by atomic mass is 9.70. The van der Waals surface area contributed by atoms with Crippen molar-refractivity contribution in [3.63, 3.8) is 0 Å². The van der Waals surface area contributed by atoms with Crippen LogP contribution >= 0.6 is 0 Å². The first-order valence-corrected chi connectivity index (χ1v) is 22.3. The topological polar surface area (TPSA) is 4.93 Å². The van der Waals surface area contributed by atoms with Gasteiger partial charge in [-0.05, 0) is 109 Å². The Kier molecular flexibility index (Phi) is 8.08. The fourth-order valence-corrected chi connectivity index (χ4v) is 11.7. The number of rotatable bonds is 6. The van der Waals surface area contributed by atoms with E-state index in [1.165, 1.54) is 111 Å². The van der Waals surface area contributed by atoms with Gasteiger partial charge < -0.3 is 4.57 Å². The Balaban J connectivity index is 1.03. The standard InChI is InChI=1S/C62H43N/c1-4-19-41(20-5-1)39-53(42-21-6-2-7-22-42)43-35-36-50-49-27-14-17-34-58(49)63(60(50)40-43)59-38-37-45(44-23-10-11-26-48(44)59)51-29-18-33-57-61(51)52-28-13-16-32-56(52)62(57)54-30-9-3-8-24-46(54)47-25-12-15-31-55(47)62/h1-7,9-38,40,53H,8,39H2. The lowest BCUT2D eigenvalue weighted by Gasteiger charge is -2.31. The van der Waals surface area contributed by atoms with Crippen LogP contribution in [-0.4, -0.2) is 4.57 Å². The Hall–Kier alpha value is -7.74. The molecular weight excluding hydrogens is 759 g/mol. The highest BCUT2D eigenvalue weighted by atomic mass is 15.0. The van der Waals surface area contributed by atoms with Crippen LogP contribution in [0, 0.1) is 0 Å². The third-order valence-corrected chi connectivity index (χ3v) is 14.3. The van der Waals surface area contributed by atoms with Crippen LogP contribution in [0.1, 0.15) is 51.3 Å². The largest absolute Gasteiger partial charge is 0.309 e. The summed E-state index contributed by atoms with van der Waals surface area (Å²) in [5.41, 5.74) is 20.6. The Labute approximate surface area is 368 Å². The summed E-state index contributed by atoms with van der Waals surface area (Å²) in [4.78, 5) is 0. The molecule has 63 heavy (non-hydrogen) atoms. The van der Waals surface area contributed by atoms with Crippen molar-refractivity contribution in [2.45, 2.75) is 24.2 Å². The summed E-state index contributed by atoms with van der Waals surface area (Å²) in [5, 5.41) is 5.02. The Morgan fingerprint density at radius 3 is 1.95 bits per heavy atom. The van der Waals surface area contributed by atoms with Crippen LogP contribution in [0.25, 0.3) is 66.1 Å². The van der Waals surface area contributed by atoms with Gasteiger partial charge in [0.1, 0.15) is 0 Å². The highest BCUT2D eigenvalue weighted by Gasteiger charge is 2.53. The SMILES string of the molecule is C1=CCC=C2C(=C1)C1(c3ccccc32)c2ccccc2-c2c(-c3ccc(-n4c5ccccc5c5ccc(C(Cc6ccccc6)c6ccccc6)cc54)c4ccccc34)cccc21. The molecule has 0 saturated carbocycles. The van der Waals surface area contributed by atoms with Crippen molar-refractivity contribution in [3.8, 4) is 27.9 Å². The van der Waals surface area contributed by atoms with E-state index in [2.05, 4.69) is 235 Å². The molecule has 1 spiro atoms. The summed E-state index contributed by atoms with van der Waals surface area (Å²) in [6, 6.07) is 77.3. The van der Waals surface area contributed by atoms with E-state index < -0.39 is 5.41 Å². The van der Waals surface area contributed by atoms with Crippen LogP contribution in [0.2, 0.25) is 0 Å². The molecule has 10 aromatic rings. The monoisotopic (exact) mass is 801 g/mol. The van der Waals surface area contributed by atoms with E-state index in [1.54, 1.807) is 0 Å². The first kappa shape index (κ1) is 36.0. The molecule has 2 unspecified atom stereocenters. The summed E-state index contributed by atoms with van der Waals surface area (Å²) < 4.78 is 2.53. The van der Waals surface area contributed by atoms with Crippen molar-refractivity contribution in [2.24, 2.45) is 0 Å². The minimum Gasteiger partial charge on any atom is -0.309 e. The third kappa shape index (κ3) is 5.23. The van der Waals surface area contributed by atoms with Crippen molar-refractivity contribution in [1.29, 1.82) is 0 Å². The van der Waals surface area contributed by atoms with E-state index in [0.29, 0.717) is 0 Å². The summed E-state index contributed by atoms with van der Waals surface area (Å²) in [6.07, 6.45) is 11.2. The first-order valence-electron chi connectivity index (χ1n) is 22.3. The van der Waals surface area contributed by atoms with Gasteiger partial charge in [0.25, 0.3) is 0 Å². The van der Waals surface area contributed by atoms with Gasteiger partial charge in [-0.25, -0.2) is 0 Å². The number of fused-ring (bicyclic) bond motifs is 14. The maximum atomic E-state index is 2.53. The number of allylic oxidation sites excluding steroid dienone is 6. The number of hydrogen-bond donors (Lipinski definition) is 0. The molecule has 1 heteroatoms. The Morgan fingerprint density at radius 1 is 0.460 bits per heavy atom. The minimum atomic E-state index is -0.395.